The van der Waals surface area contributed by atoms with Crippen LogP contribution in [0, 0.1) is 11.6 Å². The molecule has 0 aliphatic carbocycles. The first-order valence-electron chi connectivity index (χ1n) is 6.14. The SMILES string of the molecule is O=S(=O)(Nc1ccc(S(=O)(=O)C(F)F)cc1)c1ccc(F)cc1F. The van der Waals surface area contributed by atoms with Crippen molar-refractivity contribution in [2.24, 2.45) is 0 Å². The highest BCUT2D eigenvalue weighted by Crippen LogP contribution is 2.23. The van der Waals surface area contributed by atoms with Crippen molar-refractivity contribution in [2.75, 3.05) is 4.72 Å². The molecular formula is C13H9F4NO4S2. The second kappa shape index (κ2) is 6.40. The number of rotatable bonds is 5. The Labute approximate surface area is 134 Å². The maximum atomic E-state index is 13.5. The molecule has 0 spiro atoms. The van der Waals surface area contributed by atoms with Crippen molar-refractivity contribution in [2.45, 2.75) is 15.5 Å². The van der Waals surface area contributed by atoms with Gasteiger partial charge in [0.1, 0.15) is 16.5 Å². The van der Waals surface area contributed by atoms with Crippen molar-refractivity contribution < 1.29 is 34.4 Å². The predicted molar refractivity (Wildman–Crippen MR) is 76.8 cm³/mol. The van der Waals surface area contributed by atoms with Crippen LogP contribution in [0.25, 0.3) is 0 Å². The number of halogens is 4. The lowest BCUT2D eigenvalue weighted by molar-refractivity contribution is 0.234. The van der Waals surface area contributed by atoms with Gasteiger partial charge >= 0.3 is 5.76 Å². The Balaban J connectivity index is 2.31. The molecule has 0 fully saturated rings. The summed E-state index contributed by atoms with van der Waals surface area (Å²) in [7, 11) is -9.23. The predicted octanol–water partition coefficient (Wildman–Crippen LogP) is 2.76. The third-order valence-corrected chi connectivity index (χ3v) is 5.67. The number of benzene rings is 2. The van der Waals surface area contributed by atoms with E-state index in [1.807, 2.05) is 4.72 Å². The van der Waals surface area contributed by atoms with E-state index in [1.54, 1.807) is 0 Å². The number of anilines is 1. The Kier molecular flexibility index (Phi) is 4.85. The Morgan fingerprint density at radius 2 is 1.46 bits per heavy atom. The lowest BCUT2D eigenvalue weighted by Crippen LogP contribution is -2.15. The van der Waals surface area contributed by atoms with Crippen molar-refractivity contribution in [1.82, 2.24) is 0 Å². The first-order valence-corrected chi connectivity index (χ1v) is 9.17. The van der Waals surface area contributed by atoms with Crippen molar-refractivity contribution in [3.63, 3.8) is 0 Å². The molecule has 0 aliphatic rings. The van der Waals surface area contributed by atoms with Crippen LogP contribution >= 0.6 is 0 Å². The fourth-order valence-electron chi connectivity index (χ4n) is 1.72. The van der Waals surface area contributed by atoms with Crippen LogP contribution < -0.4 is 4.72 Å². The number of nitrogens with one attached hydrogen (secondary N) is 1. The summed E-state index contributed by atoms with van der Waals surface area (Å²) in [5.41, 5.74) is -0.188. The summed E-state index contributed by atoms with van der Waals surface area (Å²) in [5.74, 6) is -5.90. The van der Waals surface area contributed by atoms with Crippen LogP contribution in [0.4, 0.5) is 23.2 Å². The number of hydrogen-bond acceptors (Lipinski definition) is 4. The quantitative estimate of drug-likeness (QED) is 0.806. The van der Waals surface area contributed by atoms with E-state index in [0.29, 0.717) is 12.1 Å². The zero-order valence-corrected chi connectivity index (χ0v) is 13.2. The molecule has 5 nitrogen and oxygen atoms in total. The molecule has 0 radical (unpaired) electrons. The zero-order valence-electron chi connectivity index (χ0n) is 11.6. The summed E-state index contributed by atoms with van der Waals surface area (Å²) in [6.45, 7) is 0. The van der Waals surface area contributed by atoms with E-state index >= 15 is 0 Å². The van der Waals surface area contributed by atoms with Crippen LogP contribution in [0.2, 0.25) is 0 Å². The molecule has 11 heteroatoms. The molecule has 0 amide bonds. The summed E-state index contributed by atoms with van der Waals surface area (Å²) < 4.78 is 99.6. The van der Waals surface area contributed by atoms with Gasteiger partial charge in [0.2, 0.25) is 9.84 Å². The maximum absolute atomic E-state index is 13.5. The second-order valence-electron chi connectivity index (χ2n) is 4.51. The lowest BCUT2D eigenvalue weighted by atomic mass is 10.3. The van der Waals surface area contributed by atoms with Crippen molar-refractivity contribution in [1.29, 1.82) is 0 Å². The molecule has 0 aromatic heterocycles. The van der Waals surface area contributed by atoms with Gasteiger partial charge in [0.05, 0.1) is 4.90 Å². The van der Waals surface area contributed by atoms with Crippen LogP contribution in [0.3, 0.4) is 0 Å². The molecule has 0 bridgehead atoms. The molecule has 0 saturated carbocycles. The van der Waals surface area contributed by atoms with Gasteiger partial charge in [0, 0.05) is 11.8 Å². The van der Waals surface area contributed by atoms with E-state index in [-0.39, 0.29) is 5.69 Å². The Morgan fingerprint density at radius 3 is 1.96 bits per heavy atom. The van der Waals surface area contributed by atoms with Gasteiger partial charge in [0.25, 0.3) is 10.0 Å². The van der Waals surface area contributed by atoms with Gasteiger partial charge in [-0.1, -0.05) is 0 Å². The highest BCUT2D eigenvalue weighted by atomic mass is 32.2. The number of hydrogen-bond donors (Lipinski definition) is 1. The summed E-state index contributed by atoms with van der Waals surface area (Å²) in [4.78, 5) is -1.53. The minimum atomic E-state index is -4.81. The lowest BCUT2D eigenvalue weighted by Gasteiger charge is -2.10. The fraction of sp³-hybridized carbons (Fsp3) is 0.0769. The normalized spacial score (nSPS) is 12.4. The van der Waals surface area contributed by atoms with Gasteiger partial charge in [-0.15, -0.1) is 0 Å². The third-order valence-electron chi connectivity index (χ3n) is 2.85. The molecule has 0 aliphatic heterocycles. The Hall–Kier alpha value is -2.14. The number of alkyl halides is 2. The van der Waals surface area contributed by atoms with Gasteiger partial charge in [-0.3, -0.25) is 4.72 Å². The smallest absolute Gasteiger partial charge is 0.280 e. The van der Waals surface area contributed by atoms with Crippen LogP contribution in [0.5, 0.6) is 0 Å². The minimum absolute atomic E-state index is 0.188. The topological polar surface area (TPSA) is 80.3 Å². The number of sulfonamides is 1. The summed E-state index contributed by atoms with van der Waals surface area (Å²) >= 11 is 0. The molecule has 2 rings (SSSR count). The van der Waals surface area contributed by atoms with Gasteiger partial charge < -0.3 is 0 Å². The summed E-state index contributed by atoms with van der Waals surface area (Å²) in [6, 6.07) is 5.24. The summed E-state index contributed by atoms with van der Waals surface area (Å²) in [6.07, 6.45) is 0. The van der Waals surface area contributed by atoms with E-state index < -0.39 is 47.0 Å². The van der Waals surface area contributed by atoms with Crippen LogP contribution in [-0.2, 0) is 19.9 Å². The maximum Gasteiger partial charge on any atom is 0.341 e. The molecule has 0 heterocycles. The van der Waals surface area contributed by atoms with E-state index in [0.717, 1.165) is 30.3 Å². The minimum Gasteiger partial charge on any atom is -0.280 e. The van der Waals surface area contributed by atoms with E-state index in [4.69, 9.17) is 0 Å². The summed E-state index contributed by atoms with van der Waals surface area (Å²) in [5, 5.41) is 0. The molecule has 2 aromatic carbocycles. The van der Waals surface area contributed by atoms with Gasteiger partial charge in [-0.2, -0.15) is 8.78 Å². The Bertz CT molecular complexity index is 958. The van der Waals surface area contributed by atoms with Crippen LogP contribution in [0.1, 0.15) is 0 Å². The molecule has 2 aromatic rings. The van der Waals surface area contributed by atoms with E-state index in [1.165, 1.54) is 0 Å². The first-order chi connectivity index (χ1) is 11.0. The van der Waals surface area contributed by atoms with Gasteiger partial charge in [0.15, 0.2) is 0 Å². The highest BCUT2D eigenvalue weighted by Gasteiger charge is 2.26. The molecule has 0 saturated heterocycles. The molecule has 1 N–H and O–H groups in total. The molecule has 130 valence electrons. The third kappa shape index (κ3) is 3.67. The van der Waals surface area contributed by atoms with E-state index in [2.05, 4.69) is 0 Å². The highest BCUT2D eigenvalue weighted by molar-refractivity contribution is 7.92. The molecule has 0 unspecified atom stereocenters. The van der Waals surface area contributed by atoms with Crippen molar-refractivity contribution in [3.05, 3.63) is 54.1 Å². The molecule has 0 atom stereocenters. The van der Waals surface area contributed by atoms with Crippen molar-refractivity contribution in [3.8, 4) is 0 Å². The zero-order chi connectivity index (χ0) is 18.1. The van der Waals surface area contributed by atoms with Crippen LogP contribution in [-0.4, -0.2) is 22.6 Å². The first kappa shape index (κ1) is 18.2. The van der Waals surface area contributed by atoms with Crippen LogP contribution in [0.15, 0.2) is 52.3 Å². The van der Waals surface area contributed by atoms with Gasteiger partial charge in [-0.05, 0) is 36.4 Å². The monoisotopic (exact) mass is 383 g/mol. The standard InChI is InChI=1S/C13H9F4NO4S2/c14-8-1-6-12(11(15)7-8)24(21,22)18-9-2-4-10(5-3-9)23(19,20)13(16)17/h1-7,13,18H. The molecule has 24 heavy (non-hydrogen) atoms. The van der Waals surface area contributed by atoms with Crippen molar-refractivity contribution >= 4 is 25.5 Å². The largest absolute Gasteiger partial charge is 0.341 e. The van der Waals surface area contributed by atoms with E-state index in [9.17, 15) is 34.4 Å². The number of sulfone groups is 1. The Morgan fingerprint density at radius 1 is 0.875 bits per heavy atom. The second-order valence-corrected chi connectivity index (χ2v) is 8.08. The van der Waals surface area contributed by atoms with Gasteiger partial charge in [-0.25, -0.2) is 25.6 Å². The fourth-order valence-corrected chi connectivity index (χ4v) is 3.56. The average Bonchev–Trinajstić information content (AvgIpc) is 2.46. The molecular weight excluding hydrogens is 374 g/mol. The average molecular weight is 383 g/mol.